The molecule has 2 saturated heterocycles. The Balaban J connectivity index is 1.96. The third-order valence-electron chi connectivity index (χ3n) is 3.25. The van der Waals surface area contributed by atoms with Crippen LogP contribution in [0.1, 0.15) is 6.42 Å². The fourth-order valence-corrected chi connectivity index (χ4v) is 6.03. The molecule has 0 aromatic heterocycles. The highest BCUT2D eigenvalue weighted by Crippen LogP contribution is 2.40. The molecule has 0 unspecified atom stereocenters. The number of hydrogen-bond donors (Lipinski definition) is 0. The number of halogens is 1. The summed E-state index contributed by atoms with van der Waals surface area (Å²) in [6.07, 6.45) is 0.991. The van der Waals surface area contributed by atoms with Crippen LogP contribution in [0.4, 0.5) is 0 Å². The lowest BCUT2D eigenvalue weighted by molar-refractivity contribution is 0.410. The Bertz CT molecular complexity index is 546. The smallest absolute Gasteiger partial charge is 0.207 e. The number of benzene rings is 1. The van der Waals surface area contributed by atoms with Crippen molar-refractivity contribution in [2.24, 2.45) is 0 Å². The van der Waals surface area contributed by atoms with Gasteiger partial charge in [0, 0.05) is 28.6 Å². The molecule has 0 amide bonds. The molecule has 2 atom stereocenters. The van der Waals surface area contributed by atoms with Gasteiger partial charge in [0.2, 0.25) is 10.0 Å². The summed E-state index contributed by atoms with van der Waals surface area (Å²) < 4.78 is 26.5. The molecule has 3 rings (SSSR count). The highest BCUT2D eigenvalue weighted by Gasteiger charge is 2.44. The molecule has 2 aliphatic heterocycles. The van der Waals surface area contributed by atoms with Gasteiger partial charge in [-0.05, 0) is 24.6 Å². The fourth-order valence-electron chi connectivity index (χ4n) is 2.42. The second-order valence-corrected chi connectivity index (χ2v) is 8.04. The number of rotatable bonds is 2. The predicted octanol–water partition coefficient (Wildman–Crippen LogP) is 2.22. The van der Waals surface area contributed by atoms with Gasteiger partial charge in [-0.2, -0.15) is 16.1 Å². The van der Waals surface area contributed by atoms with Crippen LogP contribution in [-0.2, 0) is 10.0 Å². The molecular formula is C11H12ClNO2S2. The molecule has 0 spiro atoms. The SMILES string of the molecule is O=S(=O)(c1cccc(Cl)c1)N1C[C@H]2C[C@H]1CS2. The summed E-state index contributed by atoms with van der Waals surface area (Å²) in [6.45, 7) is 0.643. The summed E-state index contributed by atoms with van der Waals surface area (Å²) in [5.41, 5.74) is 0. The van der Waals surface area contributed by atoms with Crippen LogP contribution in [0.3, 0.4) is 0 Å². The van der Waals surface area contributed by atoms with Crippen molar-refractivity contribution in [2.75, 3.05) is 12.3 Å². The molecule has 6 heteroatoms. The number of nitrogens with zero attached hydrogens (tertiary/aromatic N) is 1. The average Bonchev–Trinajstić information content (AvgIpc) is 2.91. The maximum atomic E-state index is 12.4. The predicted molar refractivity (Wildman–Crippen MR) is 70.0 cm³/mol. The first-order valence-electron chi connectivity index (χ1n) is 5.46. The lowest BCUT2D eigenvalue weighted by Gasteiger charge is -2.25. The summed E-state index contributed by atoms with van der Waals surface area (Å²) in [5.74, 6) is 0.921. The van der Waals surface area contributed by atoms with Gasteiger partial charge in [0.15, 0.2) is 0 Å². The molecule has 2 aliphatic rings. The zero-order valence-corrected chi connectivity index (χ0v) is 11.4. The van der Waals surface area contributed by atoms with Crippen LogP contribution in [0, 0.1) is 0 Å². The number of sulfonamides is 1. The summed E-state index contributed by atoms with van der Waals surface area (Å²) in [5, 5.41) is 0.943. The van der Waals surface area contributed by atoms with Crippen LogP contribution in [0.5, 0.6) is 0 Å². The molecule has 0 radical (unpaired) electrons. The molecule has 0 saturated carbocycles. The van der Waals surface area contributed by atoms with Gasteiger partial charge >= 0.3 is 0 Å². The standard InChI is InChI=1S/C11H12ClNO2S2/c12-8-2-1-3-11(4-8)17(14,15)13-6-10-5-9(13)7-16-10/h1-4,9-10H,5-7H2/t9-,10+/m0/s1. The normalized spacial score (nSPS) is 28.8. The first kappa shape index (κ1) is 11.8. The highest BCUT2D eigenvalue weighted by molar-refractivity contribution is 8.00. The first-order chi connectivity index (χ1) is 8.07. The Morgan fingerprint density at radius 2 is 2.24 bits per heavy atom. The minimum Gasteiger partial charge on any atom is -0.207 e. The van der Waals surface area contributed by atoms with E-state index in [0.717, 1.165) is 12.2 Å². The third kappa shape index (κ3) is 1.99. The topological polar surface area (TPSA) is 37.4 Å². The van der Waals surface area contributed by atoms with Gasteiger partial charge in [-0.25, -0.2) is 8.42 Å². The van der Waals surface area contributed by atoms with Crippen molar-refractivity contribution in [3.05, 3.63) is 29.3 Å². The molecule has 2 fully saturated rings. The third-order valence-corrected chi connectivity index (χ3v) is 6.79. The largest absolute Gasteiger partial charge is 0.243 e. The monoisotopic (exact) mass is 289 g/mol. The second-order valence-electron chi connectivity index (χ2n) is 4.38. The molecular weight excluding hydrogens is 278 g/mol. The number of hydrogen-bond acceptors (Lipinski definition) is 3. The van der Waals surface area contributed by atoms with Gasteiger partial charge in [-0.3, -0.25) is 0 Å². The number of thioether (sulfide) groups is 1. The second kappa shape index (κ2) is 4.16. The van der Waals surface area contributed by atoms with Gasteiger partial charge in [0.05, 0.1) is 4.90 Å². The highest BCUT2D eigenvalue weighted by atomic mass is 35.5. The average molecular weight is 290 g/mol. The molecule has 1 aromatic carbocycles. The molecule has 3 nitrogen and oxygen atoms in total. The van der Waals surface area contributed by atoms with Crippen LogP contribution >= 0.6 is 23.4 Å². The van der Waals surface area contributed by atoms with E-state index >= 15 is 0 Å². The van der Waals surface area contributed by atoms with Crippen LogP contribution in [0.25, 0.3) is 0 Å². The zero-order valence-electron chi connectivity index (χ0n) is 9.04. The van der Waals surface area contributed by atoms with Crippen LogP contribution in [0.15, 0.2) is 29.2 Å². The van der Waals surface area contributed by atoms with Gasteiger partial charge in [-0.1, -0.05) is 17.7 Å². The Kier molecular flexibility index (Phi) is 2.89. The van der Waals surface area contributed by atoms with Crippen molar-refractivity contribution in [1.29, 1.82) is 0 Å². The van der Waals surface area contributed by atoms with E-state index in [9.17, 15) is 8.42 Å². The van der Waals surface area contributed by atoms with Gasteiger partial charge < -0.3 is 0 Å². The van der Waals surface area contributed by atoms with E-state index in [-0.39, 0.29) is 6.04 Å². The maximum absolute atomic E-state index is 12.4. The van der Waals surface area contributed by atoms with Crippen LogP contribution in [0.2, 0.25) is 5.02 Å². The maximum Gasteiger partial charge on any atom is 0.243 e. The van der Waals surface area contributed by atoms with Crippen LogP contribution in [-0.4, -0.2) is 36.3 Å². The van der Waals surface area contributed by atoms with E-state index in [1.165, 1.54) is 6.07 Å². The van der Waals surface area contributed by atoms with E-state index in [1.807, 2.05) is 11.8 Å². The quantitative estimate of drug-likeness (QED) is 0.838. The molecule has 1 aromatic rings. The molecule has 2 heterocycles. The van der Waals surface area contributed by atoms with E-state index in [1.54, 1.807) is 22.5 Å². The molecule has 17 heavy (non-hydrogen) atoms. The fraction of sp³-hybridized carbons (Fsp3) is 0.455. The summed E-state index contributed by atoms with van der Waals surface area (Å²) in [4.78, 5) is 0.308. The summed E-state index contributed by atoms with van der Waals surface area (Å²) in [7, 11) is -3.36. The Hall–Kier alpha value is -0.230. The van der Waals surface area contributed by atoms with Gasteiger partial charge in [-0.15, -0.1) is 0 Å². The van der Waals surface area contributed by atoms with E-state index in [2.05, 4.69) is 0 Å². The Morgan fingerprint density at radius 3 is 2.82 bits per heavy atom. The molecule has 2 bridgehead atoms. The molecule has 0 aliphatic carbocycles. The van der Waals surface area contributed by atoms with E-state index < -0.39 is 10.0 Å². The van der Waals surface area contributed by atoms with Crippen molar-refractivity contribution >= 4 is 33.4 Å². The number of fused-ring (bicyclic) bond motifs is 2. The lowest BCUT2D eigenvalue weighted by Crippen LogP contribution is -2.39. The minimum atomic E-state index is -3.36. The van der Waals surface area contributed by atoms with E-state index in [4.69, 9.17) is 11.6 Å². The summed E-state index contributed by atoms with van der Waals surface area (Å²) >= 11 is 7.73. The van der Waals surface area contributed by atoms with Crippen molar-refractivity contribution in [3.8, 4) is 0 Å². The lowest BCUT2D eigenvalue weighted by atomic mass is 10.3. The van der Waals surface area contributed by atoms with Gasteiger partial charge in [0.25, 0.3) is 0 Å². The van der Waals surface area contributed by atoms with Crippen molar-refractivity contribution in [3.63, 3.8) is 0 Å². The minimum absolute atomic E-state index is 0.175. The van der Waals surface area contributed by atoms with Crippen LogP contribution < -0.4 is 0 Å². The summed E-state index contributed by atoms with van der Waals surface area (Å²) in [6, 6.07) is 6.68. The Labute approximate surface area is 110 Å². The van der Waals surface area contributed by atoms with Crippen molar-refractivity contribution in [1.82, 2.24) is 4.31 Å². The first-order valence-corrected chi connectivity index (χ1v) is 8.33. The zero-order chi connectivity index (χ0) is 12.0. The molecule has 0 N–H and O–H groups in total. The Morgan fingerprint density at radius 1 is 1.41 bits per heavy atom. The van der Waals surface area contributed by atoms with Crippen molar-refractivity contribution in [2.45, 2.75) is 22.6 Å². The molecule has 92 valence electrons. The van der Waals surface area contributed by atoms with Crippen molar-refractivity contribution < 1.29 is 8.42 Å². The van der Waals surface area contributed by atoms with E-state index in [0.29, 0.717) is 21.7 Å². The van der Waals surface area contributed by atoms with Gasteiger partial charge in [0.1, 0.15) is 0 Å².